The molecule has 0 atom stereocenters. The molecule has 80 valence electrons. The van der Waals surface area contributed by atoms with Crippen LogP contribution in [0.4, 0.5) is 0 Å². The van der Waals surface area contributed by atoms with E-state index in [2.05, 4.69) is 59.0 Å². The van der Waals surface area contributed by atoms with Crippen LogP contribution >= 0.6 is 15.9 Å². The van der Waals surface area contributed by atoms with Gasteiger partial charge < -0.3 is 0 Å². The van der Waals surface area contributed by atoms with Gasteiger partial charge in [-0.1, -0.05) is 29.5 Å². The van der Waals surface area contributed by atoms with E-state index < -0.39 is 0 Å². The number of aryl methyl sites for hydroxylation is 1. The van der Waals surface area contributed by atoms with Gasteiger partial charge in [0.2, 0.25) is 0 Å². The predicted molar refractivity (Wildman–Crippen MR) is 72.9 cm³/mol. The summed E-state index contributed by atoms with van der Waals surface area (Å²) in [7, 11) is 0.685. The second kappa shape index (κ2) is 4.93. The first kappa shape index (κ1) is 11.5. The molecule has 0 spiro atoms. The molecule has 0 bridgehead atoms. The van der Waals surface area contributed by atoms with Crippen LogP contribution in [-0.2, 0) is 0 Å². The van der Waals surface area contributed by atoms with Gasteiger partial charge in [0.15, 0.2) is 0 Å². The van der Waals surface area contributed by atoms with Crippen LogP contribution in [0.15, 0.2) is 41.1 Å². The number of benzene rings is 1. The van der Waals surface area contributed by atoms with Crippen molar-refractivity contribution in [1.82, 2.24) is 4.98 Å². The van der Waals surface area contributed by atoms with Crippen molar-refractivity contribution in [3.8, 4) is 0 Å². The monoisotopic (exact) mass is 289 g/mol. The van der Waals surface area contributed by atoms with Gasteiger partial charge in [-0.15, -0.1) is 0 Å². The lowest BCUT2D eigenvalue weighted by Crippen LogP contribution is -2.29. The lowest BCUT2D eigenvalue weighted by Gasteiger charge is -2.07. The number of hydrogen-bond acceptors (Lipinski definition) is 1. The number of halogens is 1. The van der Waals surface area contributed by atoms with E-state index in [0.29, 0.717) is 9.52 Å². The average molecular weight is 290 g/mol. The number of rotatable bonds is 2. The van der Waals surface area contributed by atoms with Crippen LogP contribution in [0.2, 0.25) is 0 Å². The molecular weight excluding hydrogens is 278 g/mol. The van der Waals surface area contributed by atoms with Gasteiger partial charge in [0.1, 0.15) is 14.1 Å². The molecule has 1 aromatic heterocycles. The van der Waals surface area contributed by atoms with E-state index in [0.717, 1.165) is 4.60 Å². The smallest absolute Gasteiger partial charge is 0.124 e. The molecule has 0 aliphatic heterocycles. The zero-order valence-corrected chi connectivity index (χ0v) is 11.9. The van der Waals surface area contributed by atoms with Crippen LogP contribution in [0, 0.1) is 13.8 Å². The van der Waals surface area contributed by atoms with Gasteiger partial charge in [-0.3, -0.25) is 0 Å². The third kappa shape index (κ3) is 2.60. The molecular formula is C13H12BrNSi. The average Bonchev–Trinajstić information content (AvgIpc) is 2.28. The molecule has 16 heavy (non-hydrogen) atoms. The number of aromatic nitrogens is 1. The Labute approximate surface area is 107 Å². The fourth-order valence-electron chi connectivity index (χ4n) is 1.49. The Morgan fingerprint density at radius 2 is 1.94 bits per heavy atom. The van der Waals surface area contributed by atoms with Crippen molar-refractivity contribution in [2.75, 3.05) is 0 Å². The van der Waals surface area contributed by atoms with Gasteiger partial charge in [-0.2, -0.15) is 0 Å². The Morgan fingerprint density at radius 3 is 2.62 bits per heavy atom. The molecule has 2 rings (SSSR count). The first-order valence-corrected chi connectivity index (χ1v) is 6.91. The van der Waals surface area contributed by atoms with E-state index in [9.17, 15) is 0 Å². The minimum Gasteiger partial charge on any atom is -0.250 e. The molecule has 0 saturated heterocycles. The van der Waals surface area contributed by atoms with Crippen molar-refractivity contribution < 1.29 is 0 Å². The Kier molecular flexibility index (Phi) is 3.56. The predicted octanol–water partition coefficient (Wildman–Crippen LogP) is 2.12. The van der Waals surface area contributed by atoms with Crippen molar-refractivity contribution in [1.29, 1.82) is 0 Å². The van der Waals surface area contributed by atoms with E-state index in [-0.39, 0.29) is 0 Å². The molecule has 0 aliphatic rings. The van der Waals surface area contributed by atoms with Crippen molar-refractivity contribution >= 4 is 35.8 Å². The van der Waals surface area contributed by atoms with E-state index in [1.807, 2.05) is 12.3 Å². The molecule has 0 saturated carbocycles. The summed E-state index contributed by atoms with van der Waals surface area (Å²) in [5.41, 5.74) is 2.75. The largest absolute Gasteiger partial charge is 0.250 e. The number of nitrogens with zero attached hydrogens (tertiary/aromatic N) is 1. The summed E-state index contributed by atoms with van der Waals surface area (Å²) in [6.07, 6.45) is 1.93. The third-order valence-corrected chi connectivity index (χ3v) is 4.48. The highest BCUT2D eigenvalue weighted by molar-refractivity contribution is 9.10. The number of hydrogen-bond donors (Lipinski definition) is 0. The summed E-state index contributed by atoms with van der Waals surface area (Å²) in [6, 6.07) is 10.6. The standard InChI is InChI=1S/C13H12BrNSi/c1-9-4-3-5-12(10(9)2)16-11-6-7-13(14)15-8-11/h3-8H,1-2H3. The summed E-state index contributed by atoms with van der Waals surface area (Å²) in [6.45, 7) is 4.34. The molecule has 0 amide bonds. The SMILES string of the molecule is Cc1cccc([Si]c2ccc(Br)nc2)c1C. The van der Waals surface area contributed by atoms with Gasteiger partial charge in [0.05, 0.1) is 0 Å². The zero-order chi connectivity index (χ0) is 11.5. The third-order valence-electron chi connectivity index (χ3n) is 2.61. The second-order valence-corrected chi connectivity index (χ2v) is 5.92. The Bertz CT molecular complexity index is 494. The van der Waals surface area contributed by atoms with E-state index in [4.69, 9.17) is 0 Å². The fraction of sp³-hybridized carbons (Fsp3) is 0.154. The molecule has 0 unspecified atom stereocenters. The lowest BCUT2D eigenvalue weighted by atomic mass is 10.1. The summed E-state index contributed by atoms with van der Waals surface area (Å²) in [5, 5.41) is 2.68. The highest BCUT2D eigenvalue weighted by Gasteiger charge is 2.03. The van der Waals surface area contributed by atoms with Crippen LogP contribution in [0.3, 0.4) is 0 Å². The summed E-state index contributed by atoms with van der Waals surface area (Å²) in [5.74, 6) is 0. The van der Waals surface area contributed by atoms with Crippen molar-refractivity contribution in [2.45, 2.75) is 13.8 Å². The van der Waals surface area contributed by atoms with Gasteiger partial charge in [0, 0.05) is 6.20 Å². The van der Waals surface area contributed by atoms with Gasteiger partial charge in [-0.25, -0.2) is 4.98 Å². The molecule has 1 heterocycles. The zero-order valence-electron chi connectivity index (χ0n) is 9.29. The molecule has 3 heteroatoms. The number of pyridine rings is 1. The van der Waals surface area contributed by atoms with Crippen molar-refractivity contribution in [3.05, 3.63) is 52.3 Å². The van der Waals surface area contributed by atoms with Crippen molar-refractivity contribution in [3.63, 3.8) is 0 Å². The molecule has 2 aromatic rings. The minimum atomic E-state index is 0.685. The van der Waals surface area contributed by atoms with Crippen LogP contribution < -0.4 is 10.4 Å². The quantitative estimate of drug-likeness (QED) is 0.610. The highest BCUT2D eigenvalue weighted by atomic mass is 79.9. The Morgan fingerprint density at radius 1 is 1.12 bits per heavy atom. The molecule has 0 aliphatic carbocycles. The fourth-order valence-corrected chi connectivity index (χ4v) is 2.90. The lowest BCUT2D eigenvalue weighted by molar-refractivity contribution is 1.29. The van der Waals surface area contributed by atoms with E-state index >= 15 is 0 Å². The molecule has 2 radical (unpaired) electrons. The van der Waals surface area contributed by atoms with Crippen LogP contribution in [0.1, 0.15) is 11.1 Å². The minimum absolute atomic E-state index is 0.685. The maximum Gasteiger partial charge on any atom is 0.124 e. The Hall–Kier alpha value is -0.933. The maximum absolute atomic E-state index is 4.25. The summed E-state index contributed by atoms with van der Waals surface area (Å²) >= 11 is 3.35. The highest BCUT2D eigenvalue weighted by Crippen LogP contribution is 2.03. The maximum atomic E-state index is 4.25. The molecule has 1 aromatic carbocycles. The first-order chi connectivity index (χ1) is 7.66. The van der Waals surface area contributed by atoms with Crippen LogP contribution in [-0.4, -0.2) is 14.5 Å². The van der Waals surface area contributed by atoms with Crippen molar-refractivity contribution in [2.24, 2.45) is 0 Å². The van der Waals surface area contributed by atoms with Crippen LogP contribution in [0.5, 0.6) is 0 Å². The van der Waals surface area contributed by atoms with Gasteiger partial charge in [0.25, 0.3) is 0 Å². The normalized spacial score (nSPS) is 10.4. The summed E-state index contributed by atoms with van der Waals surface area (Å²) < 4.78 is 0.891. The first-order valence-electron chi connectivity index (χ1n) is 5.11. The van der Waals surface area contributed by atoms with E-state index in [1.54, 1.807) is 0 Å². The van der Waals surface area contributed by atoms with Crippen LogP contribution in [0.25, 0.3) is 0 Å². The Balaban J connectivity index is 2.27. The van der Waals surface area contributed by atoms with Gasteiger partial charge >= 0.3 is 0 Å². The van der Waals surface area contributed by atoms with E-state index in [1.165, 1.54) is 21.5 Å². The topological polar surface area (TPSA) is 12.9 Å². The molecule has 0 N–H and O–H groups in total. The molecule has 0 fully saturated rings. The van der Waals surface area contributed by atoms with Gasteiger partial charge in [-0.05, 0) is 52.2 Å². The summed E-state index contributed by atoms with van der Waals surface area (Å²) in [4.78, 5) is 4.25. The molecule has 1 nitrogen and oxygen atoms in total. The second-order valence-electron chi connectivity index (χ2n) is 3.74.